The van der Waals surface area contributed by atoms with Gasteiger partial charge in [-0.2, -0.15) is 13.2 Å². The first-order valence-corrected chi connectivity index (χ1v) is 6.42. The molecule has 2 rings (SSSR count). The second-order valence-electron chi connectivity index (χ2n) is 4.60. The molecular weight excluding hydrogens is 303 g/mol. The summed E-state index contributed by atoms with van der Waals surface area (Å²) in [5.74, 6) is -1.40. The number of hydrogen-bond acceptors (Lipinski definition) is 5. The molecule has 22 heavy (non-hydrogen) atoms. The number of methoxy groups -OCH3 is 2. The summed E-state index contributed by atoms with van der Waals surface area (Å²) in [4.78, 5) is 14.7. The van der Waals surface area contributed by atoms with Crippen LogP contribution in [0.5, 0.6) is 11.5 Å². The van der Waals surface area contributed by atoms with Crippen LogP contribution in [0.15, 0.2) is 23.2 Å². The minimum atomic E-state index is -4.74. The lowest BCUT2D eigenvalue weighted by Crippen LogP contribution is -2.24. The SMILES string of the molecule is COc1ccc(CCC2N=C(C(F)(F)F)OC2=O)cc1OC. The molecule has 120 valence electrons. The highest BCUT2D eigenvalue weighted by atomic mass is 19.4. The fraction of sp³-hybridized carbons (Fsp3) is 0.429. The maximum Gasteiger partial charge on any atom is 0.468 e. The largest absolute Gasteiger partial charge is 0.493 e. The zero-order valence-electron chi connectivity index (χ0n) is 11.9. The summed E-state index contributed by atoms with van der Waals surface area (Å²) in [5, 5.41) is 0. The van der Waals surface area contributed by atoms with Gasteiger partial charge in [0.2, 0.25) is 0 Å². The Bertz CT molecular complexity index is 598. The quantitative estimate of drug-likeness (QED) is 0.783. The lowest BCUT2D eigenvalue weighted by Gasteiger charge is -2.10. The molecule has 1 aliphatic heterocycles. The summed E-state index contributed by atoms with van der Waals surface area (Å²) >= 11 is 0. The van der Waals surface area contributed by atoms with Crippen molar-refractivity contribution in [2.24, 2.45) is 4.99 Å². The Balaban J connectivity index is 2.04. The van der Waals surface area contributed by atoms with Gasteiger partial charge in [-0.3, -0.25) is 0 Å². The highest BCUT2D eigenvalue weighted by molar-refractivity contribution is 5.99. The number of esters is 1. The number of hydrogen-bond donors (Lipinski definition) is 0. The third-order valence-corrected chi connectivity index (χ3v) is 3.14. The Morgan fingerprint density at radius 2 is 1.91 bits per heavy atom. The van der Waals surface area contributed by atoms with Gasteiger partial charge >= 0.3 is 18.0 Å². The predicted molar refractivity (Wildman–Crippen MR) is 71.2 cm³/mol. The number of carbonyl (C=O) groups excluding carboxylic acids is 1. The molecule has 0 spiro atoms. The smallest absolute Gasteiger partial charge is 0.468 e. The molecule has 1 aromatic rings. The van der Waals surface area contributed by atoms with Crippen LogP contribution in [-0.4, -0.2) is 38.3 Å². The van der Waals surface area contributed by atoms with Crippen molar-refractivity contribution in [2.75, 3.05) is 14.2 Å². The molecular formula is C14H14F3NO4. The summed E-state index contributed by atoms with van der Waals surface area (Å²) in [6, 6.07) is 4.00. The van der Waals surface area contributed by atoms with E-state index < -0.39 is 24.1 Å². The van der Waals surface area contributed by atoms with Crippen molar-refractivity contribution >= 4 is 11.9 Å². The van der Waals surface area contributed by atoms with Crippen LogP contribution in [0.2, 0.25) is 0 Å². The molecule has 0 fully saturated rings. The predicted octanol–water partition coefficient (Wildman–Crippen LogP) is 2.52. The van der Waals surface area contributed by atoms with E-state index in [0.29, 0.717) is 17.9 Å². The first kappa shape index (κ1) is 16.1. The van der Waals surface area contributed by atoms with Crippen LogP contribution in [0.1, 0.15) is 12.0 Å². The molecule has 1 unspecified atom stereocenters. The molecule has 0 bridgehead atoms. The number of ether oxygens (including phenoxy) is 3. The Kier molecular flexibility index (Phi) is 4.58. The van der Waals surface area contributed by atoms with Crippen molar-refractivity contribution in [3.8, 4) is 11.5 Å². The Morgan fingerprint density at radius 3 is 2.45 bits per heavy atom. The van der Waals surface area contributed by atoms with Gasteiger partial charge in [-0.25, -0.2) is 9.79 Å². The zero-order chi connectivity index (χ0) is 16.3. The minimum absolute atomic E-state index is 0.119. The molecule has 1 heterocycles. The van der Waals surface area contributed by atoms with Gasteiger partial charge in [0.1, 0.15) is 0 Å². The summed E-state index contributed by atoms with van der Waals surface area (Å²) in [5.41, 5.74) is 0.793. The second-order valence-corrected chi connectivity index (χ2v) is 4.60. The topological polar surface area (TPSA) is 57.1 Å². The number of nitrogens with zero attached hydrogens (tertiary/aromatic N) is 1. The van der Waals surface area contributed by atoms with E-state index in [9.17, 15) is 18.0 Å². The summed E-state index contributed by atoms with van der Waals surface area (Å²) in [7, 11) is 2.98. The molecule has 0 saturated heterocycles. The van der Waals surface area contributed by atoms with E-state index in [1.807, 2.05) is 0 Å². The Hall–Kier alpha value is -2.25. The van der Waals surface area contributed by atoms with Gasteiger partial charge in [0.05, 0.1) is 14.2 Å². The van der Waals surface area contributed by atoms with Crippen molar-refractivity contribution in [3.05, 3.63) is 23.8 Å². The number of alkyl halides is 3. The van der Waals surface area contributed by atoms with Gasteiger partial charge in [0.25, 0.3) is 0 Å². The van der Waals surface area contributed by atoms with E-state index in [1.165, 1.54) is 14.2 Å². The number of cyclic esters (lactones) is 1. The second kappa shape index (κ2) is 6.25. The molecule has 0 amide bonds. The maximum atomic E-state index is 12.4. The third kappa shape index (κ3) is 3.49. The maximum absolute atomic E-state index is 12.4. The van der Waals surface area contributed by atoms with E-state index in [4.69, 9.17) is 9.47 Å². The van der Waals surface area contributed by atoms with Crippen LogP contribution in [0.25, 0.3) is 0 Å². The molecule has 1 aromatic carbocycles. The molecule has 8 heteroatoms. The molecule has 0 saturated carbocycles. The lowest BCUT2D eigenvalue weighted by molar-refractivity contribution is -0.139. The Morgan fingerprint density at radius 1 is 1.23 bits per heavy atom. The number of rotatable bonds is 5. The van der Waals surface area contributed by atoms with Crippen molar-refractivity contribution in [2.45, 2.75) is 25.1 Å². The highest BCUT2D eigenvalue weighted by Crippen LogP contribution is 2.29. The van der Waals surface area contributed by atoms with Crippen LogP contribution in [-0.2, 0) is 16.0 Å². The molecule has 0 radical (unpaired) electrons. The zero-order valence-corrected chi connectivity index (χ0v) is 11.9. The highest BCUT2D eigenvalue weighted by Gasteiger charge is 2.45. The summed E-state index contributed by atoms with van der Waals surface area (Å²) in [6.45, 7) is 0. The lowest BCUT2D eigenvalue weighted by atomic mass is 10.1. The Labute approximate surface area is 124 Å². The van der Waals surface area contributed by atoms with Crippen molar-refractivity contribution < 1.29 is 32.2 Å². The van der Waals surface area contributed by atoms with Crippen LogP contribution in [0.3, 0.4) is 0 Å². The average molecular weight is 317 g/mol. The summed E-state index contributed by atoms with van der Waals surface area (Å²) in [6.07, 6.45) is -4.27. The van der Waals surface area contributed by atoms with E-state index in [2.05, 4.69) is 9.73 Å². The fourth-order valence-corrected chi connectivity index (χ4v) is 2.04. The molecule has 0 N–H and O–H groups in total. The van der Waals surface area contributed by atoms with Gasteiger partial charge in [-0.1, -0.05) is 6.07 Å². The van der Waals surface area contributed by atoms with E-state index in [1.54, 1.807) is 18.2 Å². The van der Waals surface area contributed by atoms with Gasteiger partial charge in [0, 0.05) is 0 Å². The average Bonchev–Trinajstić information content (AvgIpc) is 2.86. The number of halogens is 3. The van der Waals surface area contributed by atoms with Crippen molar-refractivity contribution in [3.63, 3.8) is 0 Å². The van der Waals surface area contributed by atoms with Crippen LogP contribution >= 0.6 is 0 Å². The molecule has 1 aliphatic rings. The number of aryl methyl sites for hydroxylation is 1. The minimum Gasteiger partial charge on any atom is -0.493 e. The standard InChI is InChI=1S/C14H14F3NO4/c1-20-10-6-4-8(7-11(10)21-2)3-5-9-12(19)22-13(18-9)14(15,16)17/h4,6-7,9H,3,5H2,1-2H3. The number of carbonyl (C=O) groups is 1. The van der Waals surface area contributed by atoms with Gasteiger partial charge in [0.15, 0.2) is 17.5 Å². The van der Waals surface area contributed by atoms with Gasteiger partial charge < -0.3 is 14.2 Å². The first-order chi connectivity index (χ1) is 10.3. The van der Waals surface area contributed by atoms with Crippen molar-refractivity contribution in [1.29, 1.82) is 0 Å². The monoisotopic (exact) mass is 317 g/mol. The van der Waals surface area contributed by atoms with Crippen LogP contribution < -0.4 is 9.47 Å². The van der Waals surface area contributed by atoms with E-state index in [-0.39, 0.29) is 6.42 Å². The van der Waals surface area contributed by atoms with Crippen LogP contribution in [0, 0.1) is 0 Å². The molecule has 0 aliphatic carbocycles. The number of aliphatic imine (C=N–C) groups is 1. The van der Waals surface area contributed by atoms with E-state index >= 15 is 0 Å². The van der Waals surface area contributed by atoms with E-state index in [0.717, 1.165) is 5.56 Å². The molecule has 1 atom stereocenters. The summed E-state index contributed by atoms with van der Waals surface area (Å²) < 4.78 is 51.6. The third-order valence-electron chi connectivity index (χ3n) is 3.14. The molecule has 0 aromatic heterocycles. The van der Waals surface area contributed by atoms with Gasteiger partial charge in [-0.05, 0) is 30.5 Å². The van der Waals surface area contributed by atoms with Crippen LogP contribution in [0.4, 0.5) is 13.2 Å². The first-order valence-electron chi connectivity index (χ1n) is 6.42. The number of benzene rings is 1. The fourth-order valence-electron chi connectivity index (χ4n) is 2.04. The van der Waals surface area contributed by atoms with Crippen molar-refractivity contribution in [1.82, 2.24) is 0 Å². The molecule has 5 nitrogen and oxygen atoms in total. The van der Waals surface area contributed by atoms with Gasteiger partial charge in [-0.15, -0.1) is 0 Å². The normalized spacial score (nSPS) is 18.0.